The summed E-state index contributed by atoms with van der Waals surface area (Å²) in [7, 11) is -3.77. The Bertz CT molecular complexity index is 671. The third-order valence-electron chi connectivity index (χ3n) is 4.35. The average Bonchev–Trinajstić information content (AvgIpc) is 2.70. The average molecular weight is 431 g/mol. The Morgan fingerprint density at radius 2 is 1.52 bits per heavy atom. The Morgan fingerprint density at radius 3 is 2.10 bits per heavy atom. The highest BCUT2D eigenvalue weighted by Crippen LogP contribution is 2.14. The molecule has 7 nitrogen and oxygen atoms in total. The molecule has 166 valence electrons. The Hall–Kier alpha value is -1.48. The minimum atomic E-state index is -3.77. The summed E-state index contributed by atoms with van der Waals surface area (Å²) < 4.78 is 44.8. The van der Waals surface area contributed by atoms with E-state index in [0.717, 1.165) is 31.2 Å². The molecule has 29 heavy (non-hydrogen) atoms. The fourth-order valence-corrected chi connectivity index (χ4v) is 3.45. The molecular weight excluding hydrogens is 396 g/mol. The van der Waals surface area contributed by atoms with Crippen LogP contribution in [0, 0.1) is 12.8 Å². The van der Waals surface area contributed by atoms with Crippen LogP contribution in [-0.4, -0.2) is 54.0 Å². The molecule has 0 aromatic heterocycles. The maximum Gasteiger partial charge on any atom is 0.308 e. The first-order valence-corrected chi connectivity index (χ1v) is 11.6. The van der Waals surface area contributed by atoms with E-state index in [4.69, 9.17) is 18.4 Å². The van der Waals surface area contributed by atoms with Crippen LogP contribution in [0.4, 0.5) is 0 Å². The normalized spacial score (nSPS) is 12.7. The molecule has 1 aromatic rings. The van der Waals surface area contributed by atoms with Gasteiger partial charge in [0.15, 0.2) is 0 Å². The van der Waals surface area contributed by atoms with Crippen LogP contribution in [0.5, 0.6) is 0 Å². The molecule has 1 rings (SSSR count). The van der Waals surface area contributed by atoms with Crippen molar-refractivity contribution in [3.8, 4) is 0 Å². The van der Waals surface area contributed by atoms with Gasteiger partial charge in [0, 0.05) is 0 Å². The van der Waals surface area contributed by atoms with Gasteiger partial charge in [-0.15, -0.1) is 0 Å². The van der Waals surface area contributed by atoms with Gasteiger partial charge in [0.1, 0.15) is 6.61 Å². The van der Waals surface area contributed by atoms with Gasteiger partial charge < -0.3 is 14.2 Å². The van der Waals surface area contributed by atoms with Crippen molar-refractivity contribution in [3.05, 3.63) is 29.8 Å². The third kappa shape index (κ3) is 10.7. The van der Waals surface area contributed by atoms with Gasteiger partial charge in [0.05, 0.1) is 43.8 Å². The van der Waals surface area contributed by atoms with Crippen molar-refractivity contribution >= 4 is 16.1 Å². The number of hydrogen-bond donors (Lipinski definition) is 0. The molecule has 0 spiro atoms. The predicted molar refractivity (Wildman–Crippen MR) is 110 cm³/mol. The highest BCUT2D eigenvalue weighted by atomic mass is 32.2. The van der Waals surface area contributed by atoms with Crippen molar-refractivity contribution in [2.75, 3.05) is 39.6 Å². The van der Waals surface area contributed by atoms with Crippen LogP contribution in [0.3, 0.4) is 0 Å². The molecule has 1 unspecified atom stereocenters. The zero-order chi connectivity index (χ0) is 21.5. The van der Waals surface area contributed by atoms with E-state index in [1.54, 1.807) is 12.1 Å². The smallest absolute Gasteiger partial charge is 0.308 e. The van der Waals surface area contributed by atoms with E-state index in [9.17, 15) is 13.2 Å². The maximum absolute atomic E-state index is 12.0. The molecule has 0 heterocycles. The van der Waals surface area contributed by atoms with Crippen molar-refractivity contribution in [2.24, 2.45) is 5.92 Å². The topological polar surface area (TPSA) is 88.1 Å². The zero-order valence-electron chi connectivity index (χ0n) is 17.7. The second kappa shape index (κ2) is 14.5. The number of unbranched alkanes of at least 4 members (excludes halogenated alkanes) is 1. The van der Waals surface area contributed by atoms with Gasteiger partial charge in [0.25, 0.3) is 10.1 Å². The van der Waals surface area contributed by atoms with Gasteiger partial charge in [-0.1, -0.05) is 44.4 Å². The summed E-state index contributed by atoms with van der Waals surface area (Å²) in [6, 6.07) is 6.46. The van der Waals surface area contributed by atoms with E-state index in [-0.39, 0.29) is 36.6 Å². The number of esters is 1. The Kier molecular flexibility index (Phi) is 12.8. The molecule has 0 saturated carbocycles. The number of aryl methyl sites for hydroxylation is 1. The zero-order valence-corrected chi connectivity index (χ0v) is 18.5. The number of carbonyl (C=O) groups is 1. The monoisotopic (exact) mass is 430 g/mol. The molecule has 0 saturated heterocycles. The molecular formula is C21H34O7S. The molecule has 0 N–H and O–H groups in total. The molecule has 0 aliphatic heterocycles. The standard InChI is InChI=1S/C21H34O7S/c1-4-6-7-19(5-2)21(22)27-16-14-25-12-13-26-15-17-28-29(23,24)20-10-8-18(3)9-11-20/h8-11,19H,4-7,12-17H2,1-3H3. The largest absolute Gasteiger partial charge is 0.463 e. The lowest BCUT2D eigenvalue weighted by molar-refractivity contribution is -0.150. The van der Waals surface area contributed by atoms with Crippen molar-refractivity contribution in [3.63, 3.8) is 0 Å². The third-order valence-corrected chi connectivity index (χ3v) is 5.68. The minimum absolute atomic E-state index is 0.0329. The number of carbonyl (C=O) groups excluding carboxylic acids is 1. The summed E-state index contributed by atoms with van der Waals surface area (Å²) in [6.07, 6.45) is 3.74. The van der Waals surface area contributed by atoms with Crippen LogP contribution < -0.4 is 0 Å². The molecule has 1 atom stereocenters. The lowest BCUT2D eigenvalue weighted by Gasteiger charge is -2.13. The van der Waals surface area contributed by atoms with Crippen molar-refractivity contribution in [1.29, 1.82) is 0 Å². The fraction of sp³-hybridized carbons (Fsp3) is 0.667. The van der Waals surface area contributed by atoms with Gasteiger partial charge in [-0.2, -0.15) is 8.42 Å². The van der Waals surface area contributed by atoms with Gasteiger partial charge in [-0.05, 0) is 31.9 Å². The van der Waals surface area contributed by atoms with Crippen molar-refractivity contribution in [1.82, 2.24) is 0 Å². The van der Waals surface area contributed by atoms with Gasteiger partial charge in [-0.25, -0.2) is 0 Å². The molecule has 0 aliphatic rings. The molecule has 0 aliphatic carbocycles. The van der Waals surface area contributed by atoms with Crippen LogP contribution in [0.25, 0.3) is 0 Å². The number of benzene rings is 1. The first-order valence-electron chi connectivity index (χ1n) is 10.2. The first-order chi connectivity index (χ1) is 13.9. The molecule has 1 aromatic carbocycles. The summed E-state index contributed by atoms with van der Waals surface area (Å²) in [5, 5.41) is 0. The lowest BCUT2D eigenvalue weighted by atomic mass is 10.00. The Morgan fingerprint density at radius 1 is 0.931 bits per heavy atom. The highest BCUT2D eigenvalue weighted by Gasteiger charge is 2.17. The SMILES string of the molecule is CCCCC(CC)C(=O)OCCOCCOCCOS(=O)(=O)c1ccc(C)cc1. The number of ether oxygens (including phenoxy) is 3. The van der Waals surface area contributed by atoms with E-state index in [0.29, 0.717) is 19.8 Å². The maximum atomic E-state index is 12.0. The molecule has 0 bridgehead atoms. The van der Waals surface area contributed by atoms with Gasteiger partial charge >= 0.3 is 5.97 Å². The van der Waals surface area contributed by atoms with Gasteiger partial charge in [-0.3, -0.25) is 8.98 Å². The highest BCUT2D eigenvalue weighted by molar-refractivity contribution is 7.86. The number of hydrogen-bond acceptors (Lipinski definition) is 7. The predicted octanol–water partition coefficient (Wildman–Crippen LogP) is 3.49. The van der Waals surface area contributed by atoms with Crippen LogP contribution >= 0.6 is 0 Å². The quantitative estimate of drug-likeness (QED) is 0.225. The van der Waals surface area contributed by atoms with E-state index >= 15 is 0 Å². The first kappa shape index (κ1) is 25.6. The summed E-state index contributed by atoms with van der Waals surface area (Å²) in [4.78, 5) is 12.0. The van der Waals surface area contributed by atoms with Gasteiger partial charge in [0.2, 0.25) is 0 Å². The Labute approximate surface area is 174 Å². The molecule has 0 fully saturated rings. The molecule has 8 heteroatoms. The van der Waals surface area contributed by atoms with Crippen LogP contribution in [-0.2, 0) is 33.3 Å². The Balaban J connectivity index is 2.04. The summed E-state index contributed by atoms with van der Waals surface area (Å²) in [6.45, 7) is 7.20. The second-order valence-corrected chi connectivity index (χ2v) is 8.34. The molecule has 0 radical (unpaired) electrons. The van der Waals surface area contributed by atoms with E-state index < -0.39 is 10.1 Å². The van der Waals surface area contributed by atoms with Crippen LogP contribution in [0.15, 0.2) is 29.2 Å². The lowest BCUT2D eigenvalue weighted by Crippen LogP contribution is -2.20. The second-order valence-electron chi connectivity index (χ2n) is 6.73. The fourth-order valence-electron chi connectivity index (χ4n) is 2.56. The van der Waals surface area contributed by atoms with E-state index in [2.05, 4.69) is 6.92 Å². The van der Waals surface area contributed by atoms with E-state index in [1.165, 1.54) is 12.1 Å². The van der Waals surface area contributed by atoms with Crippen LogP contribution in [0.1, 0.15) is 45.1 Å². The summed E-state index contributed by atoms with van der Waals surface area (Å²) >= 11 is 0. The summed E-state index contributed by atoms with van der Waals surface area (Å²) in [5.74, 6) is -0.192. The van der Waals surface area contributed by atoms with Crippen molar-refractivity contribution < 1.29 is 31.6 Å². The minimum Gasteiger partial charge on any atom is -0.463 e. The van der Waals surface area contributed by atoms with E-state index in [1.807, 2.05) is 13.8 Å². The van der Waals surface area contributed by atoms with Crippen molar-refractivity contribution in [2.45, 2.75) is 51.3 Å². The number of rotatable bonds is 16. The van der Waals surface area contributed by atoms with Crippen LogP contribution in [0.2, 0.25) is 0 Å². The molecule has 0 amide bonds. The summed E-state index contributed by atoms with van der Waals surface area (Å²) in [5.41, 5.74) is 0.976.